The first-order valence-electron chi connectivity index (χ1n) is 4.97. The van der Waals surface area contributed by atoms with Crippen molar-refractivity contribution in [2.45, 2.75) is 26.8 Å². The third kappa shape index (κ3) is 1.96. The maximum absolute atomic E-state index is 3.56. The van der Waals surface area contributed by atoms with Gasteiger partial charge in [-0.2, -0.15) is 0 Å². The molecule has 0 amide bonds. The molecule has 0 N–H and O–H groups in total. The van der Waals surface area contributed by atoms with Crippen molar-refractivity contribution in [2.24, 2.45) is 0 Å². The van der Waals surface area contributed by atoms with Crippen LogP contribution in [0.15, 0.2) is 22.8 Å². The minimum absolute atomic E-state index is 0.506. The second kappa shape index (κ2) is 4.09. The van der Waals surface area contributed by atoms with Gasteiger partial charge >= 0.3 is 0 Å². The molecular weight excluding hydrogens is 365 g/mol. The molecule has 0 bridgehead atoms. The van der Waals surface area contributed by atoms with E-state index in [1.807, 2.05) is 0 Å². The lowest BCUT2D eigenvalue weighted by Crippen LogP contribution is -1.98. The highest BCUT2D eigenvalue weighted by molar-refractivity contribution is 14.1. The van der Waals surface area contributed by atoms with Gasteiger partial charge in [-0.3, -0.25) is 0 Å². The van der Waals surface area contributed by atoms with Crippen molar-refractivity contribution < 1.29 is 0 Å². The third-order valence-electron chi connectivity index (χ3n) is 2.60. The predicted molar refractivity (Wildman–Crippen MR) is 77.5 cm³/mol. The fourth-order valence-electron chi connectivity index (χ4n) is 1.92. The lowest BCUT2D eigenvalue weighted by atomic mass is 10.2. The van der Waals surface area contributed by atoms with Gasteiger partial charge in [0.25, 0.3) is 0 Å². The molecule has 15 heavy (non-hydrogen) atoms. The van der Waals surface area contributed by atoms with Crippen molar-refractivity contribution in [3.63, 3.8) is 0 Å². The number of hydrogen-bond donors (Lipinski definition) is 0. The Balaban J connectivity index is 2.87. The molecule has 0 fully saturated rings. The van der Waals surface area contributed by atoms with Crippen LogP contribution in [0.3, 0.4) is 0 Å². The second-order valence-electron chi connectivity index (χ2n) is 4.09. The Morgan fingerprint density at radius 3 is 2.60 bits per heavy atom. The Labute approximate surface area is 112 Å². The van der Waals surface area contributed by atoms with Gasteiger partial charge in [-0.05, 0) is 61.1 Å². The summed E-state index contributed by atoms with van der Waals surface area (Å²) in [6, 6.07) is 4.87. The predicted octanol–water partition coefficient (Wildman–Crippen LogP) is 4.90. The molecule has 0 aliphatic heterocycles. The van der Waals surface area contributed by atoms with E-state index in [1.54, 1.807) is 0 Å². The maximum atomic E-state index is 3.56. The van der Waals surface area contributed by atoms with Crippen LogP contribution in [0.1, 0.15) is 25.5 Å². The number of halogens is 2. The van der Waals surface area contributed by atoms with Crippen molar-refractivity contribution in [1.29, 1.82) is 0 Å². The number of benzene rings is 1. The molecule has 0 spiro atoms. The zero-order valence-corrected chi connectivity index (χ0v) is 12.8. The van der Waals surface area contributed by atoms with Crippen LogP contribution < -0.4 is 0 Å². The fraction of sp³-hybridized carbons (Fsp3) is 0.333. The van der Waals surface area contributed by atoms with E-state index in [0.717, 1.165) is 4.47 Å². The molecule has 0 radical (unpaired) electrons. The Kier molecular flexibility index (Phi) is 3.12. The van der Waals surface area contributed by atoms with E-state index in [2.05, 4.69) is 82.2 Å². The molecule has 1 heterocycles. The highest BCUT2D eigenvalue weighted by Crippen LogP contribution is 2.31. The van der Waals surface area contributed by atoms with Crippen LogP contribution in [0, 0.1) is 10.5 Å². The summed E-state index contributed by atoms with van der Waals surface area (Å²) in [7, 11) is 0. The van der Waals surface area contributed by atoms with E-state index in [-0.39, 0.29) is 0 Å². The smallest absolute Gasteiger partial charge is 0.0507 e. The van der Waals surface area contributed by atoms with E-state index in [0.29, 0.717) is 6.04 Å². The standard InChI is InChI=1S/C12H13BrIN/c1-7(2)15-6-8(3)12-10(14)4-9(13)5-11(12)15/h4-7H,1-3H3. The molecule has 0 saturated carbocycles. The van der Waals surface area contributed by atoms with Crippen LogP contribution in [0.2, 0.25) is 0 Å². The van der Waals surface area contributed by atoms with Crippen LogP contribution in [0.25, 0.3) is 10.9 Å². The van der Waals surface area contributed by atoms with Crippen molar-refractivity contribution in [1.82, 2.24) is 4.57 Å². The topological polar surface area (TPSA) is 4.93 Å². The number of rotatable bonds is 1. The first kappa shape index (κ1) is 11.5. The van der Waals surface area contributed by atoms with Crippen molar-refractivity contribution in [3.8, 4) is 0 Å². The first-order valence-corrected chi connectivity index (χ1v) is 6.84. The Hall–Kier alpha value is -0.0300. The average Bonchev–Trinajstić information content (AvgIpc) is 2.42. The average molecular weight is 378 g/mol. The van der Waals surface area contributed by atoms with Gasteiger partial charge in [-0.1, -0.05) is 15.9 Å². The molecule has 1 aromatic carbocycles. The minimum atomic E-state index is 0.506. The van der Waals surface area contributed by atoms with Crippen molar-refractivity contribution in [2.75, 3.05) is 0 Å². The van der Waals surface area contributed by atoms with Crippen LogP contribution >= 0.6 is 38.5 Å². The third-order valence-corrected chi connectivity index (χ3v) is 3.90. The van der Waals surface area contributed by atoms with E-state index in [4.69, 9.17) is 0 Å². The number of fused-ring (bicyclic) bond motifs is 1. The molecule has 2 aromatic rings. The molecule has 2 rings (SSSR count). The van der Waals surface area contributed by atoms with E-state index in [1.165, 1.54) is 20.0 Å². The van der Waals surface area contributed by atoms with Crippen molar-refractivity contribution in [3.05, 3.63) is 31.9 Å². The highest BCUT2D eigenvalue weighted by Gasteiger charge is 2.11. The lowest BCUT2D eigenvalue weighted by molar-refractivity contribution is 0.622. The SMILES string of the molecule is Cc1cn(C(C)C)c2cc(Br)cc(I)c12. The van der Waals surface area contributed by atoms with Crippen LogP contribution in [-0.2, 0) is 0 Å². The van der Waals surface area contributed by atoms with Gasteiger partial charge in [0.2, 0.25) is 0 Å². The van der Waals surface area contributed by atoms with E-state index >= 15 is 0 Å². The normalized spacial score (nSPS) is 11.6. The van der Waals surface area contributed by atoms with Gasteiger partial charge in [-0.15, -0.1) is 0 Å². The van der Waals surface area contributed by atoms with Crippen LogP contribution in [-0.4, -0.2) is 4.57 Å². The zero-order chi connectivity index (χ0) is 11.2. The molecule has 0 atom stereocenters. The van der Waals surface area contributed by atoms with Gasteiger partial charge in [0.1, 0.15) is 0 Å². The van der Waals surface area contributed by atoms with Gasteiger partial charge in [-0.25, -0.2) is 0 Å². The summed E-state index contributed by atoms with van der Waals surface area (Å²) in [5, 5.41) is 1.38. The Morgan fingerprint density at radius 2 is 2.00 bits per heavy atom. The number of nitrogens with zero attached hydrogens (tertiary/aromatic N) is 1. The molecule has 3 heteroatoms. The van der Waals surface area contributed by atoms with Gasteiger partial charge in [0, 0.05) is 25.7 Å². The molecule has 1 aromatic heterocycles. The Morgan fingerprint density at radius 1 is 1.33 bits per heavy atom. The lowest BCUT2D eigenvalue weighted by Gasteiger charge is -2.09. The number of aryl methyl sites for hydroxylation is 1. The summed E-state index contributed by atoms with van der Waals surface area (Å²) in [5.74, 6) is 0. The zero-order valence-electron chi connectivity index (χ0n) is 9.01. The summed E-state index contributed by atoms with van der Waals surface area (Å²) < 4.78 is 4.80. The van der Waals surface area contributed by atoms with Crippen LogP contribution in [0.5, 0.6) is 0 Å². The highest BCUT2D eigenvalue weighted by atomic mass is 127. The quantitative estimate of drug-likeness (QED) is 0.623. The van der Waals surface area contributed by atoms with E-state index < -0.39 is 0 Å². The van der Waals surface area contributed by atoms with Gasteiger partial charge in [0.05, 0.1) is 5.52 Å². The molecule has 0 saturated heterocycles. The largest absolute Gasteiger partial charge is 0.345 e. The molecule has 80 valence electrons. The maximum Gasteiger partial charge on any atom is 0.0507 e. The summed E-state index contributed by atoms with van der Waals surface area (Å²) in [6.07, 6.45) is 2.24. The fourth-order valence-corrected chi connectivity index (χ4v) is 3.83. The van der Waals surface area contributed by atoms with Gasteiger partial charge in [0.15, 0.2) is 0 Å². The number of hydrogen-bond acceptors (Lipinski definition) is 0. The monoisotopic (exact) mass is 377 g/mol. The summed E-state index contributed by atoms with van der Waals surface area (Å²) in [4.78, 5) is 0. The molecular formula is C12H13BrIN. The summed E-state index contributed by atoms with van der Waals surface area (Å²) in [5.41, 5.74) is 2.68. The summed E-state index contributed by atoms with van der Waals surface area (Å²) >= 11 is 5.96. The summed E-state index contributed by atoms with van der Waals surface area (Å²) in [6.45, 7) is 6.61. The molecule has 0 unspecified atom stereocenters. The Bertz CT molecular complexity index is 514. The molecule has 0 aliphatic carbocycles. The van der Waals surface area contributed by atoms with Gasteiger partial charge < -0.3 is 4.57 Å². The molecule has 0 aliphatic rings. The van der Waals surface area contributed by atoms with Crippen LogP contribution in [0.4, 0.5) is 0 Å². The minimum Gasteiger partial charge on any atom is -0.345 e. The van der Waals surface area contributed by atoms with E-state index in [9.17, 15) is 0 Å². The second-order valence-corrected chi connectivity index (χ2v) is 6.17. The van der Waals surface area contributed by atoms with Crippen molar-refractivity contribution >= 4 is 49.4 Å². The molecule has 1 nitrogen and oxygen atoms in total. The first-order chi connectivity index (χ1) is 7.00. The number of aromatic nitrogens is 1.